The highest BCUT2D eigenvalue weighted by Gasteiger charge is 2.28. The molecule has 13 nitrogen and oxygen atoms in total. The van der Waals surface area contributed by atoms with Gasteiger partial charge in [0.2, 0.25) is 17.7 Å². The lowest BCUT2D eigenvalue weighted by Crippen LogP contribution is -2.56. The monoisotopic (exact) mass is 549 g/mol. The van der Waals surface area contributed by atoms with Crippen LogP contribution in [-0.4, -0.2) is 86.0 Å². The highest BCUT2D eigenvalue weighted by Crippen LogP contribution is 2.08. The SMILES string of the molecule is CCOC(=O)CNC(=O)C(Cc1ccccc1)NC(=O)CNC(=O)CNCC(C)(C=O)NC(=O)OC(C)(C)C. The molecule has 0 fully saturated rings. The van der Waals surface area contributed by atoms with Gasteiger partial charge in [-0.3, -0.25) is 19.2 Å². The molecule has 0 spiro atoms. The van der Waals surface area contributed by atoms with Gasteiger partial charge in [-0.1, -0.05) is 30.3 Å². The molecule has 2 unspecified atom stereocenters. The van der Waals surface area contributed by atoms with E-state index in [1.54, 1.807) is 52.0 Å². The molecule has 0 aliphatic rings. The number of benzene rings is 1. The van der Waals surface area contributed by atoms with Gasteiger partial charge in [0.05, 0.1) is 19.7 Å². The maximum Gasteiger partial charge on any atom is 0.408 e. The first-order valence-corrected chi connectivity index (χ1v) is 12.5. The predicted molar refractivity (Wildman–Crippen MR) is 141 cm³/mol. The lowest BCUT2D eigenvalue weighted by Gasteiger charge is -2.27. The number of aldehydes is 1. The van der Waals surface area contributed by atoms with Gasteiger partial charge >= 0.3 is 12.1 Å². The zero-order chi connectivity index (χ0) is 29.5. The second-order valence-electron chi connectivity index (χ2n) is 9.88. The van der Waals surface area contributed by atoms with Crippen molar-refractivity contribution in [3.63, 3.8) is 0 Å². The summed E-state index contributed by atoms with van der Waals surface area (Å²) < 4.78 is 9.93. The van der Waals surface area contributed by atoms with E-state index in [1.165, 1.54) is 6.92 Å². The van der Waals surface area contributed by atoms with E-state index in [9.17, 15) is 28.8 Å². The Hall–Kier alpha value is -4.00. The minimum atomic E-state index is -1.33. The standard InChI is InChI=1S/C26H39N5O8/c1-6-38-22(35)15-29-23(36)19(12-18-10-8-7-9-11-18)30-21(34)14-28-20(33)13-27-16-26(5,17-32)31-24(37)39-25(2,3)4/h7-11,17,19,27H,6,12-16H2,1-5H3,(H,28,33)(H,29,36)(H,30,34)(H,31,37). The highest BCUT2D eigenvalue weighted by atomic mass is 16.6. The Morgan fingerprint density at radius 3 is 2.18 bits per heavy atom. The van der Waals surface area contributed by atoms with E-state index >= 15 is 0 Å². The number of alkyl carbamates (subject to hydrolysis) is 1. The van der Waals surface area contributed by atoms with Crippen LogP contribution in [0.2, 0.25) is 0 Å². The maximum atomic E-state index is 12.6. The third kappa shape index (κ3) is 14.5. The van der Waals surface area contributed by atoms with Crippen molar-refractivity contribution in [1.29, 1.82) is 0 Å². The number of ether oxygens (including phenoxy) is 2. The van der Waals surface area contributed by atoms with Crippen molar-refractivity contribution < 1.29 is 38.2 Å². The number of carbonyl (C=O) groups excluding carboxylic acids is 6. The molecule has 1 aromatic rings. The number of hydrogen-bond donors (Lipinski definition) is 5. The van der Waals surface area contributed by atoms with Crippen LogP contribution in [0, 0.1) is 0 Å². The molecular weight excluding hydrogens is 510 g/mol. The normalized spacial score (nSPS) is 13.2. The number of nitrogens with one attached hydrogen (secondary N) is 5. The number of amides is 4. The number of carbonyl (C=O) groups is 6. The van der Waals surface area contributed by atoms with E-state index in [4.69, 9.17) is 9.47 Å². The fraction of sp³-hybridized carbons (Fsp3) is 0.538. The Balaban J connectivity index is 2.58. The van der Waals surface area contributed by atoms with Crippen molar-refractivity contribution in [3.05, 3.63) is 35.9 Å². The molecule has 1 rings (SSSR count). The summed E-state index contributed by atoms with van der Waals surface area (Å²) in [5.74, 6) is -2.37. The van der Waals surface area contributed by atoms with Crippen LogP contribution in [0.4, 0.5) is 4.79 Å². The smallest absolute Gasteiger partial charge is 0.408 e. The molecule has 0 radical (unpaired) electrons. The van der Waals surface area contributed by atoms with Gasteiger partial charge in [-0.15, -0.1) is 0 Å². The Kier molecular flexibility index (Phi) is 13.6. The molecule has 216 valence electrons. The molecule has 0 aliphatic heterocycles. The minimum absolute atomic E-state index is 0.0743. The average Bonchev–Trinajstić information content (AvgIpc) is 2.85. The zero-order valence-electron chi connectivity index (χ0n) is 23.1. The molecule has 13 heteroatoms. The van der Waals surface area contributed by atoms with E-state index in [0.29, 0.717) is 6.29 Å². The Bertz CT molecular complexity index is 996. The summed E-state index contributed by atoms with van der Waals surface area (Å²) in [6.07, 6.45) is -0.0998. The van der Waals surface area contributed by atoms with Gasteiger partial charge in [-0.05, 0) is 40.2 Å². The van der Waals surface area contributed by atoms with E-state index in [1.807, 2.05) is 6.07 Å². The number of esters is 1. The topological polar surface area (TPSA) is 181 Å². The Morgan fingerprint density at radius 2 is 1.59 bits per heavy atom. The third-order valence-electron chi connectivity index (χ3n) is 4.92. The molecule has 0 saturated carbocycles. The fourth-order valence-corrected chi connectivity index (χ4v) is 3.13. The highest BCUT2D eigenvalue weighted by molar-refractivity contribution is 5.91. The van der Waals surface area contributed by atoms with Gasteiger partial charge in [0.15, 0.2) is 0 Å². The summed E-state index contributed by atoms with van der Waals surface area (Å²) in [6.45, 7) is 7.23. The van der Waals surface area contributed by atoms with Crippen LogP contribution in [0.1, 0.15) is 40.2 Å². The van der Waals surface area contributed by atoms with Crippen LogP contribution in [0.3, 0.4) is 0 Å². The molecule has 0 bridgehead atoms. The Morgan fingerprint density at radius 1 is 0.923 bits per heavy atom. The van der Waals surface area contributed by atoms with Crippen LogP contribution in [0.5, 0.6) is 0 Å². The largest absolute Gasteiger partial charge is 0.465 e. The Labute approximate surface area is 228 Å². The maximum absolute atomic E-state index is 12.6. The summed E-state index contributed by atoms with van der Waals surface area (Å²) in [5, 5.41) is 12.6. The van der Waals surface area contributed by atoms with Crippen molar-refractivity contribution in [2.45, 2.75) is 58.2 Å². The van der Waals surface area contributed by atoms with Gasteiger partial charge in [-0.2, -0.15) is 0 Å². The summed E-state index contributed by atoms with van der Waals surface area (Å²) >= 11 is 0. The first kappa shape index (κ1) is 33.0. The van der Waals surface area contributed by atoms with Crippen LogP contribution >= 0.6 is 0 Å². The van der Waals surface area contributed by atoms with Crippen molar-refractivity contribution in [2.75, 3.05) is 32.8 Å². The molecule has 0 heterocycles. The molecule has 0 aromatic heterocycles. The summed E-state index contributed by atoms with van der Waals surface area (Å²) in [6, 6.07) is 7.96. The molecule has 2 atom stereocenters. The summed E-state index contributed by atoms with van der Waals surface area (Å²) in [7, 11) is 0. The van der Waals surface area contributed by atoms with Crippen molar-refractivity contribution in [3.8, 4) is 0 Å². The van der Waals surface area contributed by atoms with Gasteiger partial charge in [0.25, 0.3) is 0 Å². The van der Waals surface area contributed by atoms with Crippen LogP contribution in [0.25, 0.3) is 0 Å². The second-order valence-corrected chi connectivity index (χ2v) is 9.88. The van der Waals surface area contributed by atoms with Crippen LogP contribution in [0.15, 0.2) is 30.3 Å². The quantitative estimate of drug-likeness (QED) is 0.143. The van der Waals surface area contributed by atoms with Crippen LogP contribution in [-0.2, 0) is 39.9 Å². The first-order valence-electron chi connectivity index (χ1n) is 12.5. The third-order valence-corrected chi connectivity index (χ3v) is 4.92. The van der Waals surface area contributed by atoms with E-state index in [2.05, 4.69) is 26.6 Å². The van der Waals surface area contributed by atoms with E-state index < -0.39 is 53.5 Å². The van der Waals surface area contributed by atoms with Gasteiger partial charge < -0.3 is 40.9 Å². The molecule has 4 amide bonds. The molecule has 0 saturated heterocycles. The van der Waals surface area contributed by atoms with Gasteiger partial charge in [0.1, 0.15) is 30.0 Å². The van der Waals surface area contributed by atoms with Crippen molar-refractivity contribution in [1.82, 2.24) is 26.6 Å². The lowest BCUT2D eigenvalue weighted by atomic mass is 10.1. The van der Waals surface area contributed by atoms with Crippen molar-refractivity contribution in [2.24, 2.45) is 0 Å². The van der Waals surface area contributed by atoms with Crippen LogP contribution < -0.4 is 26.6 Å². The first-order chi connectivity index (χ1) is 18.3. The second kappa shape index (κ2) is 16.1. The fourth-order valence-electron chi connectivity index (χ4n) is 3.13. The minimum Gasteiger partial charge on any atom is -0.465 e. The van der Waals surface area contributed by atoms with E-state index in [-0.39, 0.29) is 32.7 Å². The zero-order valence-corrected chi connectivity index (χ0v) is 23.1. The van der Waals surface area contributed by atoms with Gasteiger partial charge in [-0.25, -0.2) is 4.79 Å². The molecule has 0 aliphatic carbocycles. The summed E-state index contributed by atoms with van der Waals surface area (Å²) in [4.78, 5) is 72.4. The molecule has 5 N–H and O–H groups in total. The number of hydrogen-bond acceptors (Lipinski definition) is 9. The molecule has 1 aromatic carbocycles. The summed E-state index contributed by atoms with van der Waals surface area (Å²) in [5.41, 5.74) is -1.30. The lowest BCUT2D eigenvalue weighted by molar-refractivity contribution is -0.143. The molecular formula is C26H39N5O8. The van der Waals surface area contributed by atoms with Gasteiger partial charge in [0, 0.05) is 13.0 Å². The molecule has 39 heavy (non-hydrogen) atoms. The number of rotatable bonds is 15. The van der Waals surface area contributed by atoms with E-state index in [0.717, 1.165) is 5.56 Å². The predicted octanol–water partition coefficient (Wildman–Crippen LogP) is -0.419. The average molecular weight is 550 g/mol. The van der Waals surface area contributed by atoms with Crippen molar-refractivity contribution >= 4 is 36.1 Å².